The number of hydrogen-bond donors (Lipinski definition) is 2. The van der Waals surface area contributed by atoms with Crippen LogP contribution < -0.4 is 5.32 Å². The first-order valence-corrected chi connectivity index (χ1v) is 8.83. The second-order valence-electron chi connectivity index (χ2n) is 6.98. The number of nitrogens with one attached hydrogen (secondary N) is 1. The van der Waals surface area contributed by atoms with E-state index in [9.17, 15) is 18.3 Å². The highest BCUT2D eigenvalue weighted by molar-refractivity contribution is 4.89. The third-order valence-electron chi connectivity index (χ3n) is 4.83. The number of likely N-dealkylation sites (N-methyl/N-ethyl adjacent to an activating group) is 1. The van der Waals surface area contributed by atoms with Crippen molar-refractivity contribution in [2.75, 3.05) is 53.0 Å². The van der Waals surface area contributed by atoms with E-state index in [1.165, 1.54) is 13.5 Å². The summed E-state index contributed by atoms with van der Waals surface area (Å²) in [6.45, 7) is 2.72. The zero-order chi connectivity index (χ0) is 17.6. The van der Waals surface area contributed by atoms with Crippen molar-refractivity contribution in [1.29, 1.82) is 0 Å². The Morgan fingerprint density at radius 1 is 1.25 bits per heavy atom. The first-order chi connectivity index (χ1) is 11.3. The summed E-state index contributed by atoms with van der Waals surface area (Å²) in [4.78, 5) is 3.56. The molecule has 2 aliphatic rings. The van der Waals surface area contributed by atoms with Gasteiger partial charge in [0.15, 0.2) is 0 Å². The van der Waals surface area contributed by atoms with Crippen molar-refractivity contribution in [3.8, 4) is 0 Å². The van der Waals surface area contributed by atoms with Crippen LogP contribution in [0, 0.1) is 0 Å². The van der Waals surface area contributed by atoms with Gasteiger partial charge in [-0.05, 0) is 19.9 Å². The lowest BCUT2D eigenvalue weighted by Gasteiger charge is -2.42. The summed E-state index contributed by atoms with van der Waals surface area (Å²) in [5.41, 5.74) is 0. The van der Waals surface area contributed by atoms with E-state index in [1.54, 1.807) is 0 Å². The van der Waals surface area contributed by atoms with Crippen molar-refractivity contribution >= 4 is 0 Å². The summed E-state index contributed by atoms with van der Waals surface area (Å²) < 4.78 is 42.4. The molecule has 2 rings (SSSR count). The van der Waals surface area contributed by atoms with Crippen LogP contribution in [0.5, 0.6) is 0 Å². The fraction of sp³-hybridized carbons (Fsp3) is 1.00. The van der Waals surface area contributed by atoms with Crippen LogP contribution in [0.2, 0.25) is 0 Å². The first-order valence-electron chi connectivity index (χ1n) is 8.83. The molecule has 1 aliphatic heterocycles. The van der Waals surface area contributed by atoms with E-state index in [4.69, 9.17) is 4.74 Å². The quantitative estimate of drug-likeness (QED) is 0.717. The topological polar surface area (TPSA) is 48.0 Å². The van der Waals surface area contributed by atoms with E-state index >= 15 is 0 Å². The zero-order valence-electron chi connectivity index (χ0n) is 14.4. The summed E-state index contributed by atoms with van der Waals surface area (Å²) in [5.74, 6) is 0. The molecule has 1 aliphatic carbocycles. The molecule has 0 amide bonds. The van der Waals surface area contributed by atoms with Gasteiger partial charge in [-0.25, -0.2) is 0 Å². The van der Waals surface area contributed by atoms with Gasteiger partial charge in [0.2, 0.25) is 0 Å². The van der Waals surface area contributed by atoms with E-state index < -0.39 is 18.8 Å². The number of aliphatic hydroxyl groups excluding tert-OH is 1. The minimum absolute atomic E-state index is 0.0153. The largest absolute Gasteiger partial charge is 0.401 e. The van der Waals surface area contributed by atoms with Crippen LogP contribution in [-0.4, -0.2) is 92.3 Å². The van der Waals surface area contributed by atoms with Crippen molar-refractivity contribution in [2.24, 2.45) is 0 Å². The molecule has 3 unspecified atom stereocenters. The summed E-state index contributed by atoms with van der Waals surface area (Å²) in [7, 11) is 1.38. The molecule has 2 N–H and O–H groups in total. The average Bonchev–Trinajstić information content (AvgIpc) is 2.52. The zero-order valence-corrected chi connectivity index (χ0v) is 14.4. The van der Waals surface area contributed by atoms with E-state index in [0.29, 0.717) is 18.6 Å². The average molecular weight is 353 g/mol. The maximum absolute atomic E-state index is 12.3. The number of aliphatic hydroxyl groups is 1. The fourth-order valence-electron chi connectivity index (χ4n) is 3.78. The Balaban J connectivity index is 1.75. The van der Waals surface area contributed by atoms with E-state index in [1.807, 2.05) is 0 Å². The Hall–Kier alpha value is -0.410. The Labute approximate surface area is 142 Å². The Bertz CT molecular complexity index is 365. The minimum Gasteiger partial charge on any atom is -0.390 e. The smallest absolute Gasteiger partial charge is 0.390 e. The molecule has 0 spiro atoms. The number of alkyl halides is 3. The van der Waals surface area contributed by atoms with Crippen molar-refractivity contribution < 1.29 is 23.0 Å². The maximum Gasteiger partial charge on any atom is 0.401 e. The number of halogens is 3. The molecule has 0 aromatic carbocycles. The van der Waals surface area contributed by atoms with E-state index in [2.05, 4.69) is 10.2 Å². The summed E-state index contributed by atoms with van der Waals surface area (Å²) >= 11 is 0. The standard InChI is InChI=1S/C16H30F3N3O2/c1-21(12-16(17,18)19)11-13(23)10-20-14-4-2-3-5-15(14)22-6-8-24-9-7-22/h13-15,20,23H,2-12H2,1H3. The van der Waals surface area contributed by atoms with Crippen molar-refractivity contribution in [3.05, 3.63) is 0 Å². The maximum atomic E-state index is 12.3. The van der Waals surface area contributed by atoms with E-state index in [-0.39, 0.29) is 6.54 Å². The van der Waals surface area contributed by atoms with Crippen LogP contribution in [0.15, 0.2) is 0 Å². The van der Waals surface area contributed by atoms with Gasteiger partial charge >= 0.3 is 6.18 Å². The lowest BCUT2D eigenvalue weighted by Crippen LogP contribution is -2.56. The highest BCUT2D eigenvalue weighted by Gasteiger charge is 2.32. The molecule has 2 fully saturated rings. The molecule has 0 bridgehead atoms. The molecule has 0 radical (unpaired) electrons. The van der Waals surface area contributed by atoms with Gasteiger partial charge in [-0.2, -0.15) is 13.2 Å². The Morgan fingerprint density at radius 2 is 1.92 bits per heavy atom. The number of ether oxygens (including phenoxy) is 1. The molecule has 1 heterocycles. The normalized spacial score (nSPS) is 28.2. The molecule has 24 heavy (non-hydrogen) atoms. The molecule has 0 aromatic rings. The molecular weight excluding hydrogens is 323 g/mol. The highest BCUT2D eigenvalue weighted by Crippen LogP contribution is 2.24. The number of nitrogens with zero attached hydrogens (tertiary/aromatic N) is 2. The molecule has 142 valence electrons. The van der Waals surface area contributed by atoms with Crippen LogP contribution >= 0.6 is 0 Å². The van der Waals surface area contributed by atoms with Gasteiger partial charge in [-0.15, -0.1) is 0 Å². The Kier molecular flexibility index (Phi) is 7.74. The molecule has 1 saturated carbocycles. The number of morpholine rings is 1. The number of rotatable bonds is 7. The van der Waals surface area contributed by atoms with Gasteiger partial charge in [0.1, 0.15) is 0 Å². The monoisotopic (exact) mass is 353 g/mol. The summed E-state index contributed by atoms with van der Waals surface area (Å²) in [6.07, 6.45) is -0.495. The second-order valence-corrected chi connectivity index (χ2v) is 6.98. The lowest BCUT2D eigenvalue weighted by atomic mass is 9.88. The number of hydrogen-bond acceptors (Lipinski definition) is 5. The van der Waals surface area contributed by atoms with Gasteiger partial charge in [0.25, 0.3) is 0 Å². The minimum atomic E-state index is -4.23. The lowest BCUT2D eigenvalue weighted by molar-refractivity contribution is -0.145. The first kappa shape index (κ1) is 19.9. The molecule has 0 aromatic heterocycles. The summed E-state index contributed by atoms with van der Waals surface area (Å²) in [6, 6.07) is 0.724. The fourth-order valence-corrected chi connectivity index (χ4v) is 3.78. The van der Waals surface area contributed by atoms with E-state index in [0.717, 1.165) is 50.5 Å². The molecule has 1 saturated heterocycles. The van der Waals surface area contributed by atoms with Gasteiger partial charge in [-0.3, -0.25) is 9.80 Å². The molecule has 3 atom stereocenters. The summed E-state index contributed by atoms with van der Waals surface area (Å²) in [5, 5.41) is 13.4. The predicted molar refractivity (Wildman–Crippen MR) is 86.0 cm³/mol. The van der Waals surface area contributed by atoms with Crippen molar-refractivity contribution in [3.63, 3.8) is 0 Å². The van der Waals surface area contributed by atoms with Crippen LogP contribution in [0.4, 0.5) is 13.2 Å². The van der Waals surface area contributed by atoms with Gasteiger partial charge in [0, 0.05) is 38.3 Å². The van der Waals surface area contributed by atoms with Crippen LogP contribution in [0.1, 0.15) is 25.7 Å². The SMILES string of the molecule is CN(CC(O)CNC1CCCCC1N1CCOCC1)CC(F)(F)F. The van der Waals surface area contributed by atoms with Crippen molar-refractivity contribution in [2.45, 2.75) is 50.0 Å². The third kappa shape index (κ3) is 6.84. The van der Waals surface area contributed by atoms with Gasteiger partial charge in [-0.1, -0.05) is 12.8 Å². The molecular formula is C16H30F3N3O2. The van der Waals surface area contributed by atoms with Crippen molar-refractivity contribution in [1.82, 2.24) is 15.1 Å². The molecule has 8 heteroatoms. The predicted octanol–water partition coefficient (Wildman–Crippen LogP) is 1.07. The van der Waals surface area contributed by atoms with Crippen LogP contribution in [-0.2, 0) is 4.74 Å². The van der Waals surface area contributed by atoms with Crippen LogP contribution in [0.3, 0.4) is 0 Å². The third-order valence-corrected chi connectivity index (χ3v) is 4.83. The second kappa shape index (κ2) is 9.33. The Morgan fingerprint density at radius 3 is 2.58 bits per heavy atom. The highest BCUT2D eigenvalue weighted by atomic mass is 19.4. The van der Waals surface area contributed by atoms with Crippen LogP contribution in [0.25, 0.3) is 0 Å². The molecule has 5 nitrogen and oxygen atoms in total. The van der Waals surface area contributed by atoms with Gasteiger partial charge in [0.05, 0.1) is 25.9 Å². The van der Waals surface area contributed by atoms with Gasteiger partial charge < -0.3 is 15.2 Å².